The number of rotatable bonds is 8. The van der Waals surface area contributed by atoms with E-state index in [-0.39, 0.29) is 12.6 Å². The highest BCUT2D eigenvalue weighted by Crippen LogP contribution is 2.12. The van der Waals surface area contributed by atoms with Crippen molar-refractivity contribution in [1.82, 2.24) is 19.9 Å². The second-order valence-electron chi connectivity index (χ2n) is 5.00. The van der Waals surface area contributed by atoms with E-state index >= 15 is 0 Å². The molecular weight excluding hydrogens is 296 g/mol. The molecule has 0 atom stereocenters. The minimum atomic E-state index is -0.343. The van der Waals surface area contributed by atoms with E-state index in [1.807, 2.05) is 0 Å². The molecule has 0 bridgehead atoms. The Balaban J connectivity index is 1.95. The highest BCUT2D eigenvalue weighted by atomic mass is 16.5. The summed E-state index contributed by atoms with van der Waals surface area (Å²) in [5, 5.41) is 16.9. The summed E-state index contributed by atoms with van der Waals surface area (Å²) in [6.45, 7) is 6.99. The number of hydrogen-bond donors (Lipinski definition) is 1. The molecule has 0 aliphatic rings. The molecule has 0 aliphatic carbocycles. The van der Waals surface area contributed by atoms with Crippen molar-refractivity contribution in [2.75, 3.05) is 26.2 Å². The van der Waals surface area contributed by atoms with E-state index in [2.05, 4.69) is 29.1 Å². The van der Waals surface area contributed by atoms with Gasteiger partial charge in [-0.2, -0.15) is 0 Å². The van der Waals surface area contributed by atoms with Gasteiger partial charge in [-0.3, -0.25) is 0 Å². The van der Waals surface area contributed by atoms with Crippen molar-refractivity contribution in [2.45, 2.75) is 20.5 Å². The minimum Gasteiger partial charge on any atom is -0.461 e. The number of esters is 1. The molecule has 1 aromatic carbocycles. The molecule has 0 unspecified atom stereocenters. The number of benzene rings is 1. The standard InChI is InChI=1S/C16H22N4O3/c1-3-19(4-2)9-10-23-16(22)13-5-7-14(8-6-13)20-15(12-21)11-17-18-20/h5-8,11,21H,3-4,9-10,12H2,1-2H3. The summed E-state index contributed by atoms with van der Waals surface area (Å²) >= 11 is 0. The van der Waals surface area contributed by atoms with Gasteiger partial charge < -0.3 is 14.7 Å². The van der Waals surface area contributed by atoms with Crippen LogP contribution in [0.1, 0.15) is 29.9 Å². The fourth-order valence-electron chi connectivity index (χ4n) is 2.21. The average Bonchev–Trinajstić information content (AvgIpc) is 3.07. The number of carbonyl (C=O) groups excluding carboxylic acids is 1. The van der Waals surface area contributed by atoms with Crippen LogP contribution in [0.4, 0.5) is 0 Å². The highest BCUT2D eigenvalue weighted by molar-refractivity contribution is 5.89. The normalized spacial score (nSPS) is 11.0. The van der Waals surface area contributed by atoms with E-state index in [9.17, 15) is 9.90 Å². The van der Waals surface area contributed by atoms with E-state index in [4.69, 9.17) is 4.74 Å². The van der Waals surface area contributed by atoms with Gasteiger partial charge in [0.2, 0.25) is 0 Å². The maximum atomic E-state index is 12.0. The van der Waals surface area contributed by atoms with Gasteiger partial charge >= 0.3 is 5.97 Å². The Labute approximate surface area is 135 Å². The first kappa shape index (κ1) is 17.1. The van der Waals surface area contributed by atoms with Gasteiger partial charge in [-0.25, -0.2) is 9.48 Å². The maximum absolute atomic E-state index is 12.0. The zero-order chi connectivity index (χ0) is 16.7. The molecule has 2 rings (SSSR count). The lowest BCUT2D eigenvalue weighted by Gasteiger charge is -2.17. The number of aliphatic hydroxyl groups is 1. The Kier molecular flexibility index (Phi) is 6.25. The molecule has 7 nitrogen and oxygen atoms in total. The third-order valence-corrected chi connectivity index (χ3v) is 3.66. The summed E-state index contributed by atoms with van der Waals surface area (Å²) in [5.41, 5.74) is 1.80. The Morgan fingerprint density at radius 1 is 1.26 bits per heavy atom. The average molecular weight is 318 g/mol. The van der Waals surface area contributed by atoms with E-state index in [1.54, 1.807) is 24.3 Å². The second-order valence-corrected chi connectivity index (χ2v) is 5.00. The summed E-state index contributed by atoms with van der Waals surface area (Å²) in [7, 11) is 0. The monoisotopic (exact) mass is 318 g/mol. The third-order valence-electron chi connectivity index (χ3n) is 3.66. The van der Waals surface area contributed by atoms with Crippen molar-refractivity contribution in [3.63, 3.8) is 0 Å². The van der Waals surface area contributed by atoms with Crippen LogP contribution in [-0.4, -0.2) is 57.2 Å². The molecule has 2 aromatic rings. The molecule has 23 heavy (non-hydrogen) atoms. The van der Waals surface area contributed by atoms with Crippen LogP contribution >= 0.6 is 0 Å². The largest absolute Gasteiger partial charge is 0.461 e. The Hall–Kier alpha value is -2.25. The van der Waals surface area contributed by atoms with Gasteiger partial charge in [-0.05, 0) is 37.4 Å². The van der Waals surface area contributed by atoms with Crippen LogP contribution in [0.2, 0.25) is 0 Å². The summed E-state index contributed by atoms with van der Waals surface area (Å²) in [4.78, 5) is 14.2. The van der Waals surface area contributed by atoms with Gasteiger partial charge in [0.15, 0.2) is 0 Å². The summed E-state index contributed by atoms with van der Waals surface area (Å²) < 4.78 is 6.81. The van der Waals surface area contributed by atoms with Crippen LogP contribution in [0.15, 0.2) is 30.5 Å². The Bertz CT molecular complexity index is 621. The number of carbonyl (C=O) groups is 1. The zero-order valence-corrected chi connectivity index (χ0v) is 13.5. The van der Waals surface area contributed by atoms with Gasteiger partial charge in [0.05, 0.1) is 29.7 Å². The molecule has 7 heteroatoms. The fourth-order valence-corrected chi connectivity index (χ4v) is 2.21. The summed E-state index contributed by atoms with van der Waals surface area (Å²) in [5.74, 6) is -0.343. The van der Waals surface area contributed by atoms with Crippen molar-refractivity contribution in [2.24, 2.45) is 0 Å². The van der Waals surface area contributed by atoms with Gasteiger partial charge in [0, 0.05) is 6.54 Å². The second kappa shape index (κ2) is 8.40. The van der Waals surface area contributed by atoms with E-state index in [1.165, 1.54) is 10.9 Å². The fraction of sp³-hybridized carbons (Fsp3) is 0.438. The first-order valence-corrected chi connectivity index (χ1v) is 7.70. The lowest BCUT2D eigenvalue weighted by Crippen LogP contribution is -2.27. The van der Waals surface area contributed by atoms with Gasteiger partial charge in [0.25, 0.3) is 0 Å². The van der Waals surface area contributed by atoms with Gasteiger partial charge in [-0.15, -0.1) is 5.10 Å². The van der Waals surface area contributed by atoms with Crippen LogP contribution in [0, 0.1) is 0 Å². The molecule has 1 N–H and O–H groups in total. The number of aromatic nitrogens is 3. The van der Waals surface area contributed by atoms with Gasteiger partial charge in [0.1, 0.15) is 6.61 Å². The van der Waals surface area contributed by atoms with Crippen LogP contribution < -0.4 is 0 Å². The first-order chi connectivity index (χ1) is 11.2. The third kappa shape index (κ3) is 4.37. The van der Waals surface area contributed by atoms with Crippen molar-refractivity contribution >= 4 is 5.97 Å². The molecule has 0 fully saturated rings. The van der Waals surface area contributed by atoms with Crippen LogP contribution in [0.5, 0.6) is 0 Å². The molecule has 124 valence electrons. The van der Waals surface area contributed by atoms with Crippen LogP contribution in [0.3, 0.4) is 0 Å². The number of ether oxygens (including phenoxy) is 1. The molecule has 1 aromatic heterocycles. The zero-order valence-electron chi connectivity index (χ0n) is 13.5. The lowest BCUT2D eigenvalue weighted by atomic mass is 10.2. The summed E-state index contributed by atoms with van der Waals surface area (Å²) in [6.07, 6.45) is 1.50. The number of hydrogen-bond acceptors (Lipinski definition) is 6. The number of nitrogens with zero attached hydrogens (tertiary/aromatic N) is 4. The predicted molar refractivity (Wildman–Crippen MR) is 85.4 cm³/mol. The SMILES string of the molecule is CCN(CC)CCOC(=O)c1ccc(-n2nncc2CO)cc1. The van der Waals surface area contributed by atoms with E-state index < -0.39 is 0 Å². The minimum absolute atomic E-state index is 0.151. The Morgan fingerprint density at radius 2 is 1.96 bits per heavy atom. The highest BCUT2D eigenvalue weighted by Gasteiger charge is 2.10. The smallest absolute Gasteiger partial charge is 0.338 e. The molecule has 0 amide bonds. The van der Waals surface area contributed by atoms with Crippen LogP contribution in [-0.2, 0) is 11.3 Å². The number of aliphatic hydroxyl groups excluding tert-OH is 1. The van der Waals surface area contributed by atoms with E-state index in [0.717, 1.165) is 25.3 Å². The maximum Gasteiger partial charge on any atom is 0.338 e. The molecule has 0 saturated carbocycles. The lowest BCUT2D eigenvalue weighted by molar-refractivity contribution is 0.0466. The van der Waals surface area contributed by atoms with Gasteiger partial charge in [-0.1, -0.05) is 19.1 Å². The van der Waals surface area contributed by atoms with Crippen molar-refractivity contribution in [3.05, 3.63) is 41.7 Å². The van der Waals surface area contributed by atoms with Crippen LogP contribution in [0.25, 0.3) is 5.69 Å². The van der Waals surface area contributed by atoms with E-state index in [0.29, 0.717) is 17.9 Å². The molecule has 0 saturated heterocycles. The quantitative estimate of drug-likeness (QED) is 0.738. The summed E-state index contributed by atoms with van der Waals surface area (Å²) in [6, 6.07) is 6.85. The first-order valence-electron chi connectivity index (χ1n) is 7.70. The Morgan fingerprint density at radius 3 is 2.57 bits per heavy atom. The van der Waals surface area contributed by atoms with Crippen molar-refractivity contribution in [1.29, 1.82) is 0 Å². The molecule has 0 spiro atoms. The topological polar surface area (TPSA) is 80.5 Å². The van der Waals surface area contributed by atoms with Crippen molar-refractivity contribution < 1.29 is 14.6 Å². The predicted octanol–water partition coefficient (Wildman–Crippen LogP) is 1.26. The molecule has 1 heterocycles. The molecular formula is C16H22N4O3. The van der Waals surface area contributed by atoms with Crippen molar-refractivity contribution in [3.8, 4) is 5.69 Å². The molecule has 0 aliphatic heterocycles. The number of likely N-dealkylation sites (N-methyl/N-ethyl adjacent to an activating group) is 1. The molecule has 0 radical (unpaired) electrons.